The average Bonchev–Trinajstić information content (AvgIpc) is 2.56. The maximum atomic E-state index is 12.6. The van der Waals surface area contributed by atoms with Crippen molar-refractivity contribution in [2.24, 2.45) is 0 Å². The quantitative estimate of drug-likeness (QED) is 0.861. The molecule has 1 aliphatic rings. The van der Waals surface area contributed by atoms with Gasteiger partial charge in [0.25, 0.3) is 0 Å². The van der Waals surface area contributed by atoms with E-state index < -0.39 is 5.97 Å². The summed E-state index contributed by atoms with van der Waals surface area (Å²) in [5.41, 5.74) is 0.886. The zero-order valence-corrected chi connectivity index (χ0v) is 13.8. The molecule has 2 rings (SSSR count). The SMILES string of the molecule is CCOC(=O)Cc1cc(O)cc2c1C(=O)CCCC[C@@H](CC)O2. The summed E-state index contributed by atoms with van der Waals surface area (Å²) in [4.78, 5) is 24.4. The third kappa shape index (κ3) is 4.47. The van der Waals surface area contributed by atoms with Crippen molar-refractivity contribution >= 4 is 11.8 Å². The van der Waals surface area contributed by atoms with Crippen molar-refractivity contribution in [3.05, 3.63) is 23.3 Å². The molecule has 1 heterocycles. The second-order valence-electron chi connectivity index (χ2n) is 5.78. The molecular weight excluding hydrogens is 296 g/mol. The Balaban J connectivity index is 2.43. The van der Waals surface area contributed by atoms with Gasteiger partial charge in [-0.2, -0.15) is 0 Å². The number of carbonyl (C=O) groups excluding carboxylic acids is 2. The minimum absolute atomic E-state index is 0.00931. The van der Waals surface area contributed by atoms with Gasteiger partial charge in [0, 0.05) is 12.5 Å². The standard InChI is InChI=1S/C18H24O5/c1-3-14-7-5-6-8-15(20)18-12(10-17(21)22-4-2)9-13(19)11-16(18)23-14/h9,11,14,19H,3-8,10H2,1-2H3/t14-/m1/s1. The van der Waals surface area contributed by atoms with Gasteiger partial charge in [0.15, 0.2) is 5.78 Å². The zero-order valence-electron chi connectivity index (χ0n) is 13.8. The van der Waals surface area contributed by atoms with Crippen molar-refractivity contribution < 1.29 is 24.2 Å². The second-order valence-corrected chi connectivity index (χ2v) is 5.78. The minimum atomic E-state index is -0.417. The Kier molecular flexibility index (Phi) is 6.02. The zero-order chi connectivity index (χ0) is 16.8. The van der Waals surface area contributed by atoms with Gasteiger partial charge in [0.2, 0.25) is 0 Å². The van der Waals surface area contributed by atoms with Gasteiger partial charge in [-0.25, -0.2) is 0 Å². The number of phenolic OH excluding ortho intramolecular Hbond substituents is 1. The summed E-state index contributed by atoms with van der Waals surface area (Å²) in [6.07, 6.45) is 3.83. The molecule has 1 aromatic carbocycles. The lowest BCUT2D eigenvalue weighted by Gasteiger charge is -2.19. The summed E-state index contributed by atoms with van der Waals surface area (Å²) < 4.78 is 10.9. The Morgan fingerprint density at radius 3 is 2.83 bits per heavy atom. The van der Waals surface area contributed by atoms with E-state index in [1.54, 1.807) is 6.92 Å². The Hall–Kier alpha value is -2.04. The van der Waals surface area contributed by atoms with Crippen molar-refractivity contribution in [1.82, 2.24) is 0 Å². The maximum Gasteiger partial charge on any atom is 0.310 e. The van der Waals surface area contributed by atoms with E-state index in [2.05, 4.69) is 0 Å². The Morgan fingerprint density at radius 2 is 2.13 bits per heavy atom. The van der Waals surface area contributed by atoms with Gasteiger partial charge in [0.05, 0.1) is 24.7 Å². The molecule has 126 valence electrons. The van der Waals surface area contributed by atoms with E-state index in [0.717, 1.165) is 25.7 Å². The van der Waals surface area contributed by atoms with E-state index in [1.165, 1.54) is 12.1 Å². The minimum Gasteiger partial charge on any atom is -0.508 e. The van der Waals surface area contributed by atoms with Crippen LogP contribution in [0.5, 0.6) is 11.5 Å². The summed E-state index contributed by atoms with van der Waals surface area (Å²) >= 11 is 0. The normalized spacial score (nSPS) is 18.2. The molecular formula is C18H24O5. The van der Waals surface area contributed by atoms with Gasteiger partial charge in [-0.15, -0.1) is 0 Å². The molecule has 0 unspecified atom stereocenters. The van der Waals surface area contributed by atoms with Crippen LogP contribution in [0.2, 0.25) is 0 Å². The van der Waals surface area contributed by atoms with E-state index >= 15 is 0 Å². The number of benzene rings is 1. The lowest BCUT2D eigenvalue weighted by molar-refractivity contribution is -0.142. The predicted molar refractivity (Wildman–Crippen MR) is 85.9 cm³/mol. The number of ether oxygens (including phenoxy) is 2. The van der Waals surface area contributed by atoms with Gasteiger partial charge >= 0.3 is 5.97 Å². The number of rotatable bonds is 4. The van der Waals surface area contributed by atoms with Gasteiger partial charge in [0.1, 0.15) is 11.5 Å². The third-order valence-electron chi connectivity index (χ3n) is 4.02. The highest BCUT2D eigenvalue weighted by Crippen LogP contribution is 2.33. The molecule has 1 aliphatic heterocycles. The van der Waals surface area contributed by atoms with Crippen LogP contribution in [0.25, 0.3) is 0 Å². The molecule has 0 radical (unpaired) electrons. The molecule has 0 fully saturated rings. The molecule has 1 aromatic rings. The van der Waals surface area contributed by atoms with Gasteiger partial charge in [-0.05, 0) is 44.2 Å². The fourth-order valence-corrected chi connectivity index (χ4v) is 2.88. The van der Waals surface area contributed by atoms with E-state index in [0.29, 0.717) is 23.3 Å². The number of ketones is 1. The number of fused-ring (bicyclic) bond motifs is 1. The van der Waals surface area contributed by atoms with E-state index in [-0.39, 0.29) is 30.7 Å². The summed E-state index contributed by atoms with van der Waals surface area (Å²) in [6, 6.07) is 2.92. The van der Waals surface area contributed by atoms with E-state index in [4.69, 9.17) is 9.47 Å². The number of hydrogen-bond donors (Lipinski definition) is 1. The Labute approximate surface area is 136 Å². The predicted octanol–water partition coefficient (Wildman–Crippen LogP) is 3.41. The van der Waals surface area contributed by atoms with Crippen LogP contribution in [0.4, 0.5) is 0 Å². The number of esters is 1. The largest absolute Gasteiger partial charge is 0.508 e. The Morgan fingerprint density at radius 1 is 1.35 bits per heavy atom. The van der Waals surface area contributed by atoms with E-state index in [9.17, 15) is 14.7 Å². The summed E-state index contributed by atoms with van der Waals surface area (Å²) in [7, 11) is 0. The number of aromatic hydroxyl groups is 1. The lowest BCUT2D eigenvalue weighted by Crippen LogP contribution is -2.17. The van der Waals surface area contributed by atoms with E-state index in [1.807, 2.05) is 6.92 Å². The molecule has 1 N–H and O–H groups in total. The van der Waals surface area contributed by atoms with Crippen LogP contribution in [-0.4, -0.2) is 29.6 Å². The highest BCUT2D eigenvalue weighted by atomic mass is 16.5. The average molecular weight is 320 g/mol. The molecule has 23 heavy (non-hydrogen) atoms. The molecule has 0 spiro atoms. The van der Waals surface area contributed by atoms with Crippen molar-refractivity contribution in [3.8, 4) is 11.5 Å². The molecule has 0 aliphatic carbocycles. The van der Waals surface area contributed by atoms with Crippen molar-refractivity contribution in [1.29, 1.82) is 0 Å². The topological polar surface area (TPSA) is 72.8 Å². The number of Topliss-reactive ketones (excluding diaryl/α,β-unsaturated/α-hetero) is 1. The molecule has 0 amide bonds. The van der Waals surface area contributed by atoms with Gasteiger partial charge < -0.3 is 14.6 Å². The lowest BCUT2D eigenvalue weighted by atomic mass is 9.96. The molecule has 0 saturated carbocycles. The first-order valence-corrected chi connectivity index (χ1v) is 8.26. The number of phenols is 1. The monoisotopic (exact) mass is 320 g/mol. The van der Waals surface area contributed by atoms with Crippen LogP contribution in [0, 0.1) is 0 Å². The number of carbonyl (C=O) groups is 2. The first-order valence-electron chi connectivity index (χ1n) is 8.26. The molecule has 0 aromatic heterocycles. The summed E-state index contributed by atoms with van der Waals surface area (Å²) in [6.45, 7) is 4.05. The van der Waals surface area contributed by atoms with Crippen LogP contribution < -0.4 is 4.74 Å². The van der Waals surface area contributed by atoms with Crippen LogP contribution in [-0.2, 0) is 16.0 Å². The smallest absolute Gasteiger partial charge is 0.310 e. The molecule has 0 saturated heterocycles. The van der Waals surface area contributed by atoms with Crippen LogP contribution >= 0.6 is 0 Å². The summed E-state index contributed by atoms with van der Waals surface area (Å²) in [5, 5.41) is 9.95. The highest BCUT2D eigenvalue weighted by Gasteiger charge is 2.24. The third-order valence-corrected chi connectivity index (χ3v) is 4.02. The van der Waals surface area contributed by atoms with Crippen LogP contribution in [0.15, 0.2) is 12.1 Å². The van der Waals surface area contributed by atoms with Crippen molar-refractivity contribution in [3.63, 3.8) is 0 Å². The molecule has 5 heteroatoms. The van der Waals surface area contributed by atoms with Gasteiger partial charge in [-0.3, -0.25) is 9.59 Å². The van der Waals surface area contributed by atoms with Crippen molar-refractivity contribution in [2.45, 2.75) is 58.5 Å². The van der Waals surface area contributed by atoms with Crippen LogP contribution in [0.3, 0.4) is 0 Å². The van der Waals surface area contributed by atoms with Crippen molar-refractivity contribution in [2.75, 3.05) is 6.61 Å². The first kappa shape index (κ1) is 17.3. The van der Waals surface area contributed by atoms with Crippen LogP contribution in [0.1, 0.15) is 61.9 Å². The fourth-order valence-electron chi connectivity index (χ4n) is 2.88. The fraction of sp³-hybridized carbons (Fsp3) is 0.556. The Bertz CT molecular complexity index is 579. The maximum absolute atomic E-state index is 12.6. The summed E-state index contributed by atoms with van der Waals surface area (Å²) in [5.74, 6) is -0.0935. The highest BCUT2D eigenvalue weighted by molar-refractivity contribution is 6.01. The molecule has 1 atom stereocenters. The molecule has 5 nitrogen and oxygen atoms in total. The first-order chi connectivity index (χ1) is 11.0. The molecule has 0 bridgehead atoms. The van der Waals surface area contributed by atoms with Gasteiger partial charge in [-0.1, -0.05) is 6.92 Å². The second kappa shape index (κ2) is 7.99. The number of hydrogen-bond acceptors (Lipinski definition) is 5.